The van der Waals surface area contributed by atoms with Gasteiger partial charge in [0.1, 0.15) is 11.5 Å². The number of methoxy groups -OCH3 is 2. The number of rotatable bonds is 9. The lowest BCUT2D eigenvalue weighted by Crippen LogP contribution is -2.38. The van der Waals surface area contributed by atoms with Crippen molar-refractivity contribution < 1.29 is 19.1 Å². The van der Waals surface area contributed by atoms with Crippen molar-refractivity contribution in [3.8, 4) is 11.5 Å². The van der Waals surface area contributed by atoms with Crippen LogP contribution in [-0.2, 0) is 12.8 Å². The van der Waals surface area contributed by atoms with Crippen LogP contribution < -0.4 is 14.8 Å². The monoisotopic (exact) mass is 525 g/mol. The van der Waals surface area contributed by atoms with E-state index in [4.69, 9.17) is 9.47 Å². The maximum absolute atomic E-state index is 13.3. The summed E-state index contributed by atoms with van der Waals surface area (Å²) in [7, 11) is 3.23. The zero-order chi connectivity index (χ0) is 27.2. The zero-order valence-electron chi connectivity index (χ0n) is 22.5. The van der Waals surface area contributed by atoms with Crippen molar-refractivity contribution in [2.24, 2.45) is 5.92 Å². The minimum atomic E-state index is -0.178. The van der Waals surface area contributed by atoms with Crippen molar-refractivity contribution in [2.45, 2.75) is 25.7 Å². The molecule has 7 nitrogen and oxygen atoms in total. The maximum atomic E-state index is 13.3. The number of amides is 2. The van der Waals surface area contributed by atoms with Crippen LogP contribution in [0.5, 0.6) is 11.5 Å². The van der Waals surface area contributed by atoms with Crippen molar-refractivity contribution in [3.05, 3.63) is 95.2 Å². The van der Waals surface area contributed by atoms with Crippen LogP contribution in [0.15, 0.2) is 72.9 Å². The number of ether oxygens (including phenoxy) is 2. The summed E-state index contributed by atoms with van der Waals surface area (Å²) >= 11 is 0. The Labute approximate surface area is 229 Å². The number of carbonyl (C=O) groups is 2. The molecule has 1 fully saturated rings. The summed E-state index contributed by atoms with van der Waals surface area (Å²) in [5, 5.41) is 3.75. The molecule has 39 heavy (non-hydrogen) atoms. The lowest BCUT2D eigenvalue weighted by molar-refractivity contribution is 0.0690. The van der Waals surface area contributed by atoms with E-state index in [2.05, 4.69) is 34.6 Å². The Kier molecular flexibility index (Phi) is 8.16. The van der Waals surface area contributed by atoms with Gasteiger partial charge in [0.2, 0.25) is 0 Å². The van der Waals surface area contributed by atoms with Crippen LogP contribution >= 0.6 is 0 Å². The molecule has 1 aromatic heterocycles. The van der Waals surface area contributed by atoms with E-state index in [1.54, 1.807) is 20.4 Å². The first-order chi connectivity index (χ1) is 19.0. The van der Waals surface area contributed by atoms with Crippen LogP contribution in [0.2, 0.25) is 0 Å². The molecule has 0 radical (unpaired) electrons. The second kappa shape index (κ2) is 12.1. The van der Waals surface area contributed by atoms with E-state index >= 15 is 0 Å². The topological polar surface area (TPSA) is 83.7 Å². The van der Waals surface area contributed by atoms with Crippen molar-refractivity contribution in [3.63, 3.8) is 0 Å². The average Bonchev–Trinajstić information content (AvgIpc) is 3.41. The fraction of sp³-hybridized carbons (Fsp3) is 0.312. The van der Waals surface area contributed by atoms with Crippen molar-refractivity contribution in [2.75, 3.05) is 33.9 Å². The minimum Gasteiger partial charge on any atom is -0.497 e. The molecule has 3 aromatic carbocycles. The molecular formula is C32H35N3O4. The van der Waals surface area contributed by atoms with E-state index < -0.39 is 0 Å². The minimum absolute atomic E-state index is 0.0228. The van der Waals surface area contributed by atoms with Gasteiger partial charge in [-0.05, 0) is 73.1 Å². The van der Waals surface area contributed by atoms with E-state index in [0.717, 1.165) is 48.8 Å². The molecule has 1 aliphatic heterocycles. The van der Waals surface area contributed by atoms with Gasteiger partial charge in [-0.15, -0.1) is 0 Å². The van der Waals surface area contributed by atoms with Crippen LogP contribution in [-0.4, -0.2) is 55.6 Å². The number of fused-ring (bicyclic) bond motifs is 1. The number of aromatic amines is 1. The van der Waals surface area contributed by atoms with E-state index in [1.165, 1.54) is 5.56 Å². The molecule has 1 saturated heterocycles. The van der Waals surface area contributed by atoms with Crippen molar-refractivity contribution >= 4 is 22.7 Å². The fourth-order valence-corrected chi connectivity index (χ4v) is 5.34. The zero-order valence-corrected chi connectivity index (χ0v) is 22.5. The molecule has 2 heterocycles. The normalized spacial score (nSPS) is 13.8. The molecule has 0 bridgehead atoms. The van der Waals surface area contributed by atoms with Gasteiger partial charge in [-0.25, -0.2) is 0 Å². The van der Waals surface area contributed by atoms with Crippen LogP contribution in [0.25, 0.3) is 10.9 Å². The molecule has 7 heteroatoms. The summed E-state index contributed by atoms with van der Waals surface area (Å²) in [5.41, 5.74) is 4.33. The SMILES string of the molecule is COc1cc(CCNC(=O)c2c[nH]c3ccc(C(=O)N4CCC(Cc5ccccc5)CC4)cc23)cc(OC)c1. The number of benzene rings is 3. The molecule has 0 unspecified atom stereocenters. The van der Waals surface area contributed by atoms with Gasteiger partial charge in [0.15, 0.2) is 0 Å². The Balaban J connectivity index is 1.20. The Bertz CT molecular complexity index is 1420. The molecular weight excluding hydrogens is 490 g/mol. The molecule has 2 N–H and O–H groups in total. The van der Waals surface area contributed by atoms with Gasteiger partial charge >= 0.3 is 0 Å². The first-order valence-corrected chi connectivity index (χ1v) is 13.5. The molecule has 202 valence electrons. The van der Waals surface area contributed by atoms with Gasteiger partial charge in [-0.2, -0.15) is 0 Å². The summed E-state index contributed by atoms with van der Waals surface area (Å²) in [5.74, 6) is 1.86. The van der Waals surface area contributed by atoms with E-state index in [9.17, 15) is 9.59 Å². The van der Waals surface area contributed by atoms with E-state index in [1.807, 2.05) is 47.4 Å². The number of hydrogen-bond donors (Lipinski definition) is 2. The lowest BCUT2D eigenvalue weighted by atomic mass is 9.90. The third-order valence-corrected chi connectivity index (χ3v) is 7.55. The highest BCUT2D eigenvalue weighted by molar-refractivity contribution is 6.08. The average molecular weight is 526 g/mol. The Morgan fingerprint density at radius 1 is 0.923 bits per heavy atom. The number of aromatic nitrogens is 1. The number of hydrogen-bond acceptors (Lipinski definition) is 4. The molecule has 0 atom stereocenters. The van der Waals surface area contributed by atoms with Crippen LogP contribution in [0, 0.1) is 5.92 Å². The summed E-state index contributed by atoms with van der Waals surface area (Å²) < 4.78 is 10.7. The third kappa shape index (κ3) is 6.25. The van der Waals surface area contributed by atoms with Gasteiger partial charge in [-0.1, -0.05) is 30.3 Å². The number of H-pyrrole nitrogens is 1. The van der Waals surface area contributed by atoms with Crippen LogP contribution in [0.4, 0.5) is 0 Å². The molecule has 5 rings (SSSR count). The number of nitrogens with one attached hydrogen (secondary N) is 2. The Morgan fingerprint density at radius 3 is 2.33 bits per heavy atom. The highest BCUT2D eigenvalue weighted by Gasteiger charge is 2.24. The third-order valence-electron chi connectivity index (χ3n) is 7.55. The van der Waals surface area contributed by atoms with Gasteiger partial charge in [0.25, 0.3) is 11.8 Å². The number of nitrogens with zero attached hydrogens (tertiary/aromatic N) is 1. The van der Waals surface area contributed by atoms with Gasteiger partial charge in [0.05, 0.1) is 19.8 Å². The predicted molar refractivity (Wildman–Crippen MR) is 153 cm³/mol. The predicted octanol–water partition coefficient (Wildman–Crippen LogP) is 5.25. The standard InChI is InChI=1S/C32H35N3O4/c1-38-26-17-24(18-27(20-26)39-2)10-13-33-31(36)29-21-34-30-9-8-25(19-28(29)30)32(37)35-14-11-23(12-15-35)16-22-6-4-3-5-7-22/h3-9,17-21,23,34H,10-16H2,1-2H3,(H,33,36). The molecule has 0 spiro atoms. The first kappa shape index (κ1) is 26.4. The Hall–Kier alpha value is -4.26. The second-order valence-electron chi connectivity index (χ2n) is 10.1. The smallest absolute Gasteiger partial charge is 0.253 e. The molecule has 1 aliphatic rings. The molecule has 0 saturated carbocycles. The molecule has 2 amide bonds. The van der Waals surface area contributed by atoms with Gasteiger partial charge in [-0.3, -0.25) is 9.59 Å². The number of likely N-dealkylation sites (tertiary alicyclic amines) is 1. The highest BCUT2D eigenvalue weighted by Crippen LogP contribution is 2.26. The summed E-state index contributed by atoms with van der Waals surface area (Å²) in [6, 6.07) is 21.8. The first-order valence-electron chi connectivity index (χ1n) is 13.5. The summed E-state index contributed by atoms with van der Waals surface area (Å²) in [6.45, 7) is 1.96. The maximum Gasteiger partial charge on any atom is 0.253 e. The summed E-state index contributed by atoms with van der Waals surface area (Å²) in [6.07, 6.45) is 5.39. The van der Waals surface area contributed by atoms with Crippen LogP contribution in [0.3, 0.4) is 0 Å². The fourth-order valence-electron chi connectivity index (χ4n) is 5.34. The molecule has 0 aliphatic carbocycles. The largest absolute Gasteiger partial charge is 0.497 e. The highest BCUT2D eigenvalue weighted by atomic mass is 16.5. The van der Waals surface area contributed by atoms with Crippen molar-refractivity contribution in [1.29, 1.82) is 0 Å². The second-order valence-corrected chi connectivity index (χ2v) is 10.1. The van der Waals surface area contributed by atoms with E-state index in [0.29, 0.717) is 41.5 Å². The lowest BCUT2D eigenvalue weighted by Gasteiger charge is -2.32. The van der Waals surface area contributed by atoms with Crippen LogP contribution in [0.1, 0.15) is 44.7 Å². The molecule has 4 aromatic rings. The Morgan fingerprint density at radius 2 is 1.64 bits per heavy atom. The van der Waals surface area contributed by atoms with Gasteiger partial charge < -0.3 is 24.7 Å². The number of carbonyl (C=O) groups excluding carboxylic acids is 2. The number of piperidine rings is 1. The van der Waals surface area contributed by atoms with Crippen molar-refractivity contribution in [1.82, 2.24) is 15.2 Å². The quantitative estimate of drug-likeness (QED) is 0.313. The van der Waals surface area contributed by atoms with Gasteiger partial charge in [0, 0.05) is 48.4 Å². The van der Waals surface area contributed by atoms with E-state index in [-0.39, 0.29) is 11.8 Å². The summed E-state index contributed by atoms with van der Waals surface area (Å²) in [4.78, 5) is 31.5.